The van der Waals surface area contributed by atoms with Crippen molar-refractivity contribution in [1.82, 2.24) is 10.2 Å². The lowest BCUT2D eigenvalue weighted by Gasteiger charge is -2.56. The van der Waals surface area contributed by atoms with Crippen molar-refractivity contribution in [2.24, 2.45) is 23.2 Å². The van der Waals surface area contributed by atoms with Gasteiger partial charge < -0.3 is 15.0 Å². The first kappa shape index (κ1) is 20.0. The van der Waals surface area contributed by atoms with Gasteiger partial charge in [0.2, 0.25) is 5.91 Å². The van der Waals surface area contributed by atoms with Crippen LogP contribution in [0.3, 0.4) is 0 Å². The van der Waals surface area contributed by atoms with Crippen LogP contribution >= 0.6 is 11.3 Å². The Hall–Kier alpha value is -1.89. The first-order chi connectivity index (χ1) is 14.5. The number of carbonyl (C=O) groups is 3. The van der Waals surface area contributed by atoms with E-state index in [1.165, 1.54) is 49.0 Å². The second kappa shape index (κ2) is 7.98. The van der Waals surface area contributed by atoms with Gasteiger partial charge in [0.05, 0.1) is 0 Å². The fraction of sp³-hybridized carbons (Fsp3) is 0.696. The maximum Gasteiger partial charge on any atom is 0.325 e. The summed E-state index contributed by atoms with van der Waals surface area (Å²) in [5.74, 6) is 1.64. The van der Waals surface area contributed by atoms with Crippen molar-refractivity contribution in [1.29, 1.82) is 0 Å². The van der Waals surface area contributed by atoms with Gasteiger partial charge in [-0.1, -0.05) is 0 Å². The summed E-state index contributed by atoms with van der Waals surface area (Å²) in [7, 11) is 0. The van der Waals surface area contributed by atoms with Gasteiger partial charge in [0, 0.05) is 24.4 Å². The lowest BCUT2D eigenvalue weighted by atomic mass is 9.49. The molecule has 2 heterocycles. The number of nitrogens with zero attached hydrogens (tertiary/aromatic N) is 1. The first-order valence-electron chi connectivity index (χ1n) is 11.2. The minimum absolute atomic E-state index is 0.0544. The fourth-order valence-electron chi connectivity index (χ4n) is 6.83. The number of esters is 1. The molecule has 30 heavy (non-hydrogen) atoms. The molecule has 1 aliphatic heterocycles. The van der Waals surface area contributed by atoms with Gasteiger partial charge in [-0.15, -0.1) is 11.3 Å². The van der Waals surface area contributed by atoms with E-state index < -0.39 is 5.97 Å². The molecule has 0 spiro atoms. The largest absolute Gasteiger partial charge is 0.454 e. The van der Waals surface area contributed by atoms with Gasteiger partial charge in [-0.05, 0) is 85.1 Å². The highest BCUT2D eigenvalue weighted by atomic mass is 32.1. The molecule has 0 radical (unpaired) electrons. The monoisotopic (exact) mass is 430 g/mol. The fourth-order valence-corrected chi connectivity index (χ4v) is 7.72. The Labute approximate surface area is 181 Å². The highest BCUT2D eigenvalue weighted by Gasteiger charge is 2.51. The van der Waals surface area contributed by atoms with Gasteiger partial charge in [0.1, 0.15) is 6.54 Å². The summed E-state index contributed by atoms with van der Waals surface area (Å²) in [6, 6.07) is 2.05. The van der Waals surface area contributed by atoms with Crippen molar-refractivity contribution in [2.45, 2.75) is 57.9 Å². The normalized spacial score (nSPS) is 31.3. The lowest BCUT2D eigenvalue weighted by Crippen LogP contribution is -2.48. The van der Waals surface area contributed by atoms with Crippen LogP contribution in [0, 0.1) is 23.2 Å². The van der Waals surface area contributed by atoms with Crippen LogP contribution in [-0.4, -0.2) is 42.4 Å². The second-order valence-corrected chi connectivity index (χ2v) is 11.0. The molecular formula is C23H30N2O4S. The van der Waals surface area contributed by atoms with Crippen molar-refractivity contribution in [2.75, 3.05) is 19.7 Å². The number of rotatable bonds is 6. The van der Waals surface area contributed by atoms with Gasteiger partial charge >= 0.3 is 5.97 Å². The Morgan fingerprint density at radius 2 is 1.83 bits per heavy atom. The molecule has 4 bridgehead atoms. The summed E-state index contributed by atoms with van der Waals surface area (Å²) in [5, 5.41) is 4.78. The average Bonchev–Trinajstić information content (AvgIpc) is 3.17. The molecule has 6 rings (SSSR count). The predicted octanol–water partition coefficient (Wildman–Crippen LogP) is 2.90. The van der Waals surface area contributed by atoms with Gasteiger partial charge in [0.25, 0.3) is 5.91 Å². The van der Waals surface area contributed by atoms with Crippen LogP contribution in [-0.2, 0) is 32.1 Å². The summed E-state index contributed by atoms with van der Waals surface area (Å²) >= 11 is 1.72. The molecule has 0 saturated heterocycles. The van der Waals surface area contributed by atoms with Crippen LogP contribution in [0.15, 0.2) is 11.4 Å². The smallest absolute Gasteiger partial charge is 0.325 e. The van der Waals surface area contributed by atoms with Gasteiger partial charge in [0.15, 0.2) is 6.61 Å². The molecule has 4 aliphatic carbocycles. The van der Waals surface area contributed by atoms with Crippen LogP contribution in [0.25, 0.3) is 0 Å². The van der Waals surface area contributed by atoms with Crippen LogP contribution in [0.4, 0.5) is 0 Å². The minimum atomic E-state index is -0.546. The molecule has 0 aromatic carbocycles. The third-order valence-corrected chi connectivity index (χ3v) is 8.67. The van der Waals surface area contributed by atoms with Crippen LogP contribution in [0.1, 0.15) is 55.4 Å². The van der Waals surface area contributed by atoms with Crippen LogP contribution < -0.4 is 5.32 Å². The number of ether oxygens (including phenoxy) is 1. The number of amides is 2. The quantitative estimate of drug-likeness (QED) is 0.704. The number of nitrogens with one attached hydrogen (secondary N) is 1. The highest BCUT2D eigenvalue weighted by Crippen LogP contribution is 2.61. The van der Waals surface area contributed by atoms with Crippen molar-refractivity contribution < 1.29 is 19.1 Å². The topological polar surface area (TPSA) is 75.7 Å². The molecule has 0 atom stereocenters. The maximum absolute atomic E-state index is 12.5. The van der Waals surface area contributed by atoms with Crippen LogP contribution in [0.5, 0.6) is 0 Å². The SMILES string of the molecule is O=C(CC12CC3CC(CC(C3)C1)C2)NCC(=O)OCC(=O)N1CCc2sccc2C1. The zero-order valence-corrected chi connectivity index (χ0v) is 18.2. The Bertz CT molecular complexity index is 813. The van der Waals surface area contributed by atoms with Crippen molar-refractivity contribution in [3.8, 4) is 0 Å². The van der Waals surface area contributed by atoms with E-state index in [9.17, 15) is 14.4 Å². The van der Waals surface area contributed by atoms with E-state index in [-0.39, 0.29) is 30.4 Å². The summed E-state index contributed by atoms with van der Waals surface area (Å²) < 4.78 is 5.13. The van der Waals surface area contributed by atoms with Crippen LogP contribution in [0.2, 0.25) is 0 Å². The predicted molar refractivity (Wildman–Crippen MR) is 113 cm³/mol. The highest BCUT2D eigenvalue weighted by molar-refractivity contribution is 7.10. The van der Waals surface area contributed by atoms with E-state index in [1.54, 1.807) is 16.2 Å². The molecular weight excluding hydrogens is 400 g/mol. The Morgan fingerprint density at radius 1 is 1.13 bits per heavy atom. The molecule has 6 nitrogen and oxygen atoms in total. The minimum Gasteiger partial charge on any atom is -0.454 e. The van der Waals surface area contributed by atoms with Crippen molar-refractivity contribution in [3.63, 3.8) is 0 Å². The zero-order chi connectivity index (χ0) is 20.7. The summed E-state index contributed by atoms with van der Waals surface area (Å²) in [6.45, 7) is 0.818. The number of hydrogen-bond acceptors (Lipinski definition) is 5. The molecule has 1 aromatic rings. The molecule has 7 heteroatoms. The average molecular weight is 431 g/mol. The molecule has 0 unspecified atom stereocenters. The zero-order valence-electron chi connectivity index (χ0n) is 17.4. The van der Waals surface area contributed by atoms with E-state index in [4.69, 9.17) is 4.74 Å². The summed E-state index contributed by atoms with van der Waals surface area (Å²) in [5.41, 5.74) is 1.34. The number of fused-ring (bicyclic) bond motifs is 1. The van der Waals surface area contributed by atoms with Gasteiger partial charge in [-0.25, -0.2) is 0 Å². The second-order valence-electron chi connectivity index (χ2n) is 9.97. The third-order valence-electron chi connectivity index (χ3n) is 7.65. The molecule has 5 aliphatic rings. The number of hydrogen-bond donors (Lipinski definition) is 1. The molecule has 1 aromatic heterocycles. The van der Waals surface area contributed by atoms with Gasteiger partial charge in [-0.3, -0.25) is 14.4 Å². The van der Waals surface area contributed by atoms with E-state index in [2.05, 4.69) is 5.32 Å². The first-order valence-corrected chi connectivity index (χ1v) is 12.1. The van der Waals surface area contributed by atoms with Crippen molar-refractivity contribution in [3.05, 3.63) is 21.9 Å². The van der Waals surface area contributed by atoms with E-state index in [0.29, 0.717) is 19.5 Å². The summed E-state index contributed by atoms with van der Waals surface area (Å²) in [6.07, 6.45) is 8.96. The molecule has 4 saturated carbocycles. The van der Waals surface area contributed by atoms with Crippen molar-refractivity contribution >= 4 is 29.1 Å². The number of carbonyl (C=O) groups excluding carboxylic acids is 3. The Kier molecular flexibility index (Phi) is 5.33. The standard InChI is InChI=1S/C23H30N2O4S/c26-20(11-23-8-15-5-16(9-23)7-17(6-15)10-23)24-12-22(28)29-14-21(27)25-3-1-19-18(13-25)2-4-30-19/h2,4,15-17H,1,3,5-14H2,(H,24,26). The molecule has 162 valence electrons. The van der Waals surface area contributed by atoms with E-state index >= 15 is 0 Å². The Balaban J connectivity index is 1.04. The molecule has 2 amide bonds. The van der Waals surface area contributed by atoms with Gasteiger partial charge in [-0.2, -0.15) is 0 Å². The lowest BCUT2D eigenvalue weighted by molar-refractivity contribution is -0.152. The summed E-state index contributed by atoms with van der Waals surface area (Å²) in [4.78, 5) is 40.0. The maximum atomic E-state index is 12.5. The number of thiophene rings is 1. The molecule has 1 N–H and O–H groups in total. The van der Waals surface area contributed by atoms with E-state index in [0.717, 1.165) is 24.2 Å². The van der Waals surface area contributed by atoms with E-state index in [1.807, 2.05) is 11.4 Å². The third kappa shape index (κ3) is 4.13. The molecule has 4 fully saturated rings. The Morgan fingerprint density at radius 3 is 2.53 bits per heavy atom.